The Kier molecular flexibility index (Phi) is 3.29. The van der Waals surface area contributed by atoms with E-state index in [1.54, 1.807) is 12.3 Å². The molecule has 1 aromatic heterocycles. The number of carbonyl (C=O) groups is 1. The fourth-order valence-electron chi connectivity index (χ4n) is 2.60. The molecule has 0 spiro atoms. The number of rotatable bonds is 1. The van der Waals surface area contributed by atoms with Crippen LogP contribution in [0.1, 0.15) is 36.3 Å². The molecule has 0 atom stereocenters. The summed E-state index contributed by atoms with van der Waals surface area (Å²) in [6.07, 6.45) is 2.79. The van der Waals surface area contributed by atoms with E-state index in [1.165, 1.54) is 12.1 Å². The lowest BCUT2D eigenvalue weighted by atomic mass is 9.76. The van der Waals surface area contributed by atoms with E-state index < -0.39 is 5.82 Å². The Hall–Kier alpha value is -1.81. The number of halogens is 2. The van der Waals surface area contributed by atoms with E-state index in [4.69, 9.17) is 11.6 Å². The van der Waals surface area contributed by atoms with Crippen LogP contribution in [0.2, 0.25) is 5.02 Å². The minimum absolute atomic E-state index is 0.0326. The number of nitrogens with zero attached hydrogens (tertiary/aromatic N) is 2. The molecule has 21 heavy (non-hydrogen) atoms. The first-order chi connectivity index (χ1) is 9.85. The summed E-state index contributed by atoms with van der Waals surface area (Å²) in [7, 11) is 0. The van der Waals surface area contributed by atoms with Crippen molar-refractivity contribution >= 4 is 17.4 Å². The smallest absolute Gasteiger partial charge is 0.166 e. The summed E-state index contributed by atoms with van der Waals surface area (Å²) in [4.78, 5) is 20.8. The molecule has 1 heterocycles. The maximum atomic E-state index is 13.2. The zero-order chi connectivity index (χ0) is 15.2. The molecule has 3 nitrogen and oxygen atoms in total. The third-order valence-electron chi connectivity index (χ3n) is 3.63. The molecule has 2 aromatic rings. The van der Waals surface area contributed by atoms with E-state index in [0.29, 0.717) is 23.4 Å². The van der Waals surface area contributed by atoms with Gasteiger partial charge < -0.3 is 0 Å². The molecule has 1 aromatic carbocycles. The first-order valence-electron chi connectivity index (χ1n) is 6.70. The van der Waals surface area contributed by atoms with Gasteiger partial charge in [-0.3, -0.25) is 4.79 Å². The number of hydrogen-bond acceptors (Lipinski definition) is 3. The quantitative estimate of drug-likeness (QED) is 0.797. The van der Waals surface area contributed by atoms with Gasteiger partial charge in [0.2, 0.25) is 0 Å². The Morgan fingerprint density at radius 1 is 1.29 bits per heavy atom. The highest BCUT2D eigenvalue weighted by Gasteiger charge is 2.32. The summed E-state index contributed by atoms with van der Waals surface area (Å²) in [6, 6.07) is 4.36. The molecule has 3 rings (SSSR count). The average Bonchev–Trinajstić information content (AvgIpc) is 2.40. The van der Waals surface area contributed by atoms with Gasteiger partial charge in [-0.15, -0.1) is 0 Å². The Bertz CT molecular complexity index is 743. The standard InChI is InChI=1S/C16H14ClFN2O/c1-16(2)6-13-10(14(21)7-16)8-19-15(20-13)9-3-4-12(18)11(17)5-9/h3-5,8H,6-7H2,1-2H3. The van der Waals surface area contributed by atoms with Crippen molar-refractivity contribution in [3.05, 3.63) is 46.5 Å². The van der Waals surface area contributed by atoms with Crippen LogP contribution in [0.25, 0.3) is 11.4 Å². The van der Waals surface area contributed by atoms with Crippen LogP contribution in [-0.2, 0) is 6.42 Å². The second-order valence-electron chi connectivity index (χ2n) is 6.12. The molecule has 5 heteroatoms. The van der Waals surface area contributed by atoms with E-state index >= 15 is 0 Å². The number of ketones is 1. The van der Waals surface area contributed by atoms with Crippen molar-refractivity contribution in [1.82, 2.24) is 9.97 Å². The highest BCUT2D eigenvalue weighted by Crippen LogP contribution is 2.34. The summed E-state index contributed by atoms with van der Waals surface area (Å²) in [6.45, 7) is 4.09. The van der Waals surface area contributed by atoms with Crippen molar-refractivity contribution in [1.29, 1.82) is 0 Å². The Morgan fingerprint density at radius 2 is 2.05 bits per heavy atom. The van der Waals surface area contributed by atoms with E-state index in [2.05, 4.69) is 9.97 Å². The highest BCUT2D eigenvalue weighted by atomic mass is 35.5. The predicted octanol–water partition coefficient (Wildman–Crippen LogP) is 4.09. The number of Topliss-reactive ketones (excluding diaryl/α,β-unsaturated/α-hetero) is 1. The number of aromatic nitrogens is 2. The van der Waals surface area contributed by atoms with Crippen LogP contribution in [0.3, 0.4) is 0 Å². The maximum Gasteiger partial charge on any atom is 0.166 e. The maximum absolute atomic E-state index is 13.2. The first kappa shape index (κ1) is 14.1. The average molecular weight is 305 g/mol. The number of fused-ring (bicyclic) bond motifs is 1. The van der Waals surface area contributed by atoms with Crippen molar-refractivity contribution in [2.45, 2.75) is 26.7 Å². The van der Waals surface area contributed by atoms with Gasteiger partial charge >= 0.3 is 0 Å². The summed E-state index contributed by atoms with van der Waals surface area (Å²) >= 11 is 5.79. The molecule has 0 saturated heterocycles. The monoisotopic (exact) mass is 304 g/mol. The van der Waals surface area contributed by atoms with Crippen molar-refractivity contribution in [2.24, 2.45) is 5.41 Å². The van der Waals surface area contributed by atoms with E-state index in [1.807, 2.05) is 13.8 Å². The van der Waals surface area contributed by atoms with Crippen molar-refractivity contribution in [2.75, 3.05) is 0 Å². The van der Waals surface area contributed by atoms with E-state index in [-0.39, 0.29) is 16.2 Å². The van der Waals surface area contributed by atoms with Crippen LogP contribution in [0, 0.1) is 11.2 Å². The Balaban J connectivity index is 2.07. The third kappa shape index (κ3) is 2.68. The van der Waals surface area contributed by atoms with Gasteiger partial charge in [0, 0.05) is 18.2 Å². The Labute approximate surface area is 127 Å². The lowest BCUT2D eigenvalue weighted by molar-refractivity contribution is 0.0910. The molecule has 1 aliphatic carbocycles. The SMILES string of the molecule is CC1(C)CC(=O)c2cnc(-c3ccc(F)c(Cl)c3)nc2C1. The van der Waals surface area contributed by atoms with Gasteiger partial charge in [0.05, 0.1) is 16.3 Å². The molecule has 0 aliphatic heterocycles. The molecule has 1 aliphatic rings. The van der Waals surface area contributed by atoms with Crippen molar-refractivity contribution < 1.29 is 9.18 Å². The number of carbonyl (C=O) groups excluding carboxylic acids is 1. The topological polar surface area (TPSA) is 42.9 Å². The molecule has 0 N–H and O–H groups in total. The fraction of sp³-hybridized carbons (Fsp3) is 0.312. The zero-order valence-corrected chi connectivity index (χ0v) is 12.5. The van der Waals surface area contributed by atoms with Crippen LogP contribution >= 0.6 is 11.6 Å². The van der Waals surface area contributed by atoms with Gasteiger partial charge in [-0.05, 0) is 30.0 Å². The fourth-order valence-corrected chi connectivity index (χ4v) is 2.79. The van der Waals surface area contributed by atoms with Crippen LogP contribution in [0.4, 0.5) is 4.39 Å². The summed E-state index contributed by atoms with van der Waals surface area (Å²) < 4.78 is 13.2. The molecular formula is C16H14ClFN2O. The molecule has 0 saturated carbocycles. The first-order valence-corrected chi connectivity index (χ1v) is 7.08. The van der Waals surface area contributed by atoms with E-state index in [9.17, 15) is 9.18 Å². The van der Waals surface area contributed by atoms with Crippen LogP contribution in [0.5, 0.6) is 0 Å². The van der Waals surface area contributed by atoms with Gasteiger partial charge in [0.25, 0.3) is 0 Å². The zero-order valence-electron chi connectivity index (χ0n) is 11.8. The highest BCUT2D eigenvalue weighted by molar-refractivity contribution is 6.31. The molecular weight excluding hydrogens is 291 g/mol. The van der Waals surface area contributed by atoms with Crippen molar-refractivity contribution in [3.63, 3.8) is 0 Å². The summed E-state index contributed by atoms with van der Waals surface area (Å²) in [5.41, 5.74) is 1.88. The minimum Gasteiger partial charge on any atom is -0.294 e. The van der Waals surface area contributed by atoms with Crippen LogP contribution in [-0.4, -0.2) is 15.8 Å². The van der Waals surface area contributed by atoms with Crippen LogP contribution < -0.4 is 0 Å². The predicted molar refractivity (Wildman–Crippen MR) is 78.9 cm³/mol. The van der Waals surface area contributed by atoms with E-state index in [0.717, 1.165) is 12.1 Å². The largest absolute Gasteiger partial charge is 0.294 e. The lowest BCUT2D eigenvalue weighted by Crippen LogP contribution is -2.28. The second kappa shape index (κ2) is 4.88. The molecule has 0 bridgehead atoms. The normalized spacial score (nSPS) is 16.7. The van der Waals surface area contributed by atoms with Gasteiger partial charge in [-0.1, -0.05) is 25.4 Å². The van der Waals surface area contributed by atoms with Crippen LogP contribution in [0.15, 0.2) is 24.4 Å². The molecule has 108 valence electrons. The van der Waals surface area contributed by atoms with Gasteiger partial charge in [-0.25, -0.2) is 14.4 Å². The molecule has 0 radical (unpaired) electrons. The third-order valence-corrected chi connectivity index (χ3v) is 3.92. The number of hydrogen-bond donors (Lipinski definition) is 0. The lowest BCUT2D eigenvalue weighted by Gasteiger charge is -2.29. The van der Waals surface area contributed by atoms with Gasteiger partial charge in [0.1, 0.15) is 5.82 Å². The summed E-state index contributed by atoms with van der Waals surface area (Å²) in [5, 5.41) is 0.0326. The van der Waals surface area contributed by atoms with Crippen molar-refractivity contribution in [3.8, 4) is 11.4 Å². The minimum atomic E-state index is -0.477. The second-order valence-corrected chi connectivity index (χ2v) is 6.53. The summed E-state index contributed by atoms with van der Waals surface area (Å²) in [5.74, 6) is 0.0563. The van der Waals surface area contributed by atoms with Gasteiger partial charge in [-0.2, -0.15) is 0 Å². The van der Waals surface area contributed by atoms with Gasteiger partial charge in [0.15, 0.2) is 11.6 Å². The number of benzene rings is 1. The molecule has 0 unspecified atom stereocenters. The molecule has 0 fully saturated rings. The Morgan fingerprint density at radius 3 is 2.76 bits per heavy atom. The molecule has 0 amide bonds.